The van der Waals surface area contributed by atoms with Gasteiger partial charge < -0.3 is 4.90 Å². The van der Waals surface area contributed by atoms with E-state index in [0.717, 1.165) is 12.1 Å². The lowest BCUT2D eigenvalue weighted by atomic mass is 10.1. The summed E-state index contributed by atoms with van der Waals surface area (Å²) in [5.74, 6) is -0.994. The van der Waals surface area contributed by atoms with Gasteiger partial charge in [-0.25, -0.2) is 21.2 Å². The van der Waals surface area contributed by atoms with Gasteiger partial charge in [-0.05, 0) is 61.4 Å². The van der Waals surface area contributed by atoms with Crippen molar-refractivity contribution in [3.05, 3.63) is 90.2 Å². The van der Waals surface area contributed by atoms with Crippen LogP contribution in [0, 0.1) is 5.82 Å². The molecular weight excluding hydrogens is 479 g/mol. The largest absolute Gasteiger partial charge is 0.339 e. The number of likely N-dealkylation sites (tertiary alicyclic amines) is 1. The average Bonchev–Trinajstić information content (AvgIpc) is 2.84. The molecule has 1 amide bonds. The molecule has 1 heterocycles. The molecule has 1 aliphatic heterocycles. The number of carbonyl (C=O) groups excluding carboxylic acids is 1. The minimum atomic E-state index is -4.03. The van der Waals surface area contributed by atoms with Crippen LogP contribution < -0.4 is 4.72 Å². The van der Waals surface area contributed by atoms with Crippen LogP contribution >= 0.6 is 0 Å². The summed E-state index contributed by atoms with van der Waals surface area (Å²) < 4.78 is 66.6. The first kappa shape index (κ1) is 23.9. The topological polar surface area (TPSA) is 101 Å². The van der Waals surface area contributed by atoms with E-state index in [-0.39, 0.29) is 40.0 Å². The summed E-state index contributed by atoms with van der Waals surface area (Å²) in [5.41, 5.74) is 0.431. The molecule has 0 bridgehead atoms. The molecule has 1 N–H and O–H groups in total. The highest BCUT2D eigenvalue weighted by Gasteiger charge is 2.33. The molecule has 34 heavy (non-hydrogen) atoms. The SMILES string of the molecule is O=C(c1cccc(NS(=O)(=O)c2cccc(F)c2)c1)N1CCC(S(=O)(=O)c2ccccc2)CC1. The maximum Gasteiger partial charge on any atom is 0.261 e. The minimum Gasteiger partial charge on any atom is -0.339 e. The fourth-order valence-electron chi connectivity index (χ4n) is 3.92. The molecule has 0 spiro atoms. The van der Waals surface area contributed by atoms with Crippen LogP contribution in [0.3, 0.4) is 0 Å². The van der Waals surface area contributed by atoms with Gasteiger partial charge in [-0.2, -0.15) is 0 Å². The number of anilines is 1. The van der Waals surface area contributed by atoms with Crippen LogP contribution in [0.25, 0.3) is 0 Å². The Morgan fingerprint density at radius 3 is 2.15 bits per heavy atom. The van der Waals surface area contributed by atoms with E-state index in [1.165, 1.54) is 24.3 Å². The number of benzene rings is 3. The molecule has 10 heteroatoms. The first-order valence-corrected chi connectivity index (χ1v) is 13.7. The van der Waals surface area contributed by atoms with Gasteiger partial charge in [-0.1, -0.05) is 30.3 Å². The van der Waals surface area contributed by atoms with Crippen molar-refractivity contribution in [2.24, 2.45) is 0 Å². The molecule has 1 aliphatic rings. The van der Waals surface area contributed by atoms with Crippen molar-refractivity contribution in [2.45, 2.75) is 27.9 Å². The number of amides is 1. The van der Waals surface area contributed by atoms with Crippen LogP contribution in [0.4, 0.5) is 10.1 Å². The third kappa shape index (κ3) is 5.13. The fraction of sp³-hybridized carbons (Fsp3) is 0.208. The second kappa shape index (κ2) is 9.55. The van der Waals surface area contributed by atoms with Gasteiger partial charge in [-0.3, -0.25) is 9.52 Å². The van der Waals surface area contributed by atoms with Gasteiger partial charge >= 0.3 is 0 Å². The molecule has 4 rings (SSSR count). The van der Waals surface area contributed by atoms with Crippen molar-refractivity contribution >= 4 is 31.5 Å². The van der Waals surface area contributed by atoms with Gasteiger partial charge in [0, 0.05) is 24.3 Å². The third-order valence-electron chi connectivity index (χ3n) is 5.71. The number of rotatable bonds is 6. The fourth-order valence-corrected chi connectivity index (χ4v) is 6.75. The van der Waals surface area contributed by atoms with E-state index in [2.05, 4.69) is 4.72 Å². The smallest absolute Gasteiger partial charge is 0.261 e. The van der Waals surface area contributed by atoms with Gasteiger partial charge in [0.2, 0.25) is 0 Å². The van der Waals surface area contributed by atoms with E-state index in [0.29, 0.717) is 12.8 Å². The number of hydrogen-bond acceptors (Lipinski definition) is 5. The highest BCUT2D eigenvalue weighted by molar-refractivity contribution is 7.92. The number of hydrogen-bond donors (Lipinski definition) is 1. The van der Waals surface area contributed by atoms with Crippen molar-refractivity contribution in [1.82, 2.24) is 4.90 Å². The van der Waals surface area contributed by atoms with Crippen LogP contribution in [-0.4, -0.2) is 46.0 Å². The van der Waals surface area contributed by atoms with Gasteiger partial charge in [-0.15, -0.1) is 0 Å². The molecule has 0 aliphatic carbocycles. The minimum absolute atomic E-state index is 0.164. The van der Waals surface area contributed by atoms with Crippen molar-refractivity contribution in [2.75, 3.05) is 17.8 Å². The van der Waals surface area contributed by atoms with E-state index in [1.807, 2.05) is 0 Å². The molecule has 1 saturated heterocycles. The molecular formula is C24H23FN2O5S2. The molecule has 3 aromatic rings. The zero-order chi connectivity index (χ0) is 24.3. The lowest BCUT2D eigenvalue weighted by molar-refractivity contribution is 0.0725. The molecule has 7 nitrogen and oxygen atoms in total. The summed E-state index contributed by atoms with van der Waals surface area (Å²) in [7, 11) is -7.51. The number of nitrogens with one attached hydrogen (secondary N) is 1. The highest BCUT2D eigenvalue weighted by Crippen LogP contribution is 2.26. The van der Waals surface area contributed by atoms with Gasteiger partial charge in [0.25, 0.3) is 15.9 Å². The Morgan fingerprint density at radius 1 is 0.824 bits per heavy atom. The summed E-state index contributed by atoms with van der Waals surface area (Å²) in [6, 6.07) is 18.9. The Labute approximate surface area is 198 Å². The molecule has 1 fully saturated rings. The molecule has 0 radical (unpaired) electrons. The van der Waals surface area contributed by atoms with Crippen molar-refractivity contribution < 1.29 is 26.0 Å². The average molecular weight is 503 g/mol. The second-order valence-corrected chi connectivity index (χ2v) is 11.9. The predicted molar refractivity (Wildman–Crippen MR) is 126 cm³/mol. The zero-order valence-electron chi connectivity index (χ0n) is 18.1. The summed E-state index contributed by atoms with van der Waals surface area (Å²) in [6.45, 7) is 0.545. The van der Waals surface area contributed by atoms with E-state index in [1.54, 1.807) is 47.4 Å². The second-order valence-electron chi connectivity index (χ2n) is 7.99. The summed E-state index contributed by atoms with van der Waals surface area (Å²) >= 11 is 0. The Balaban J connectivity index is 1.44. The highest BCUT2D eigenvalue weighted by atomic mass is 32.2. The molecule has 0 atom stereocenters. The maximum absolute atomic E-state index is 13.4. The van der Waals surface area contributed by atoms with Gasteiger partial charge in [0.15, 0.2) is 9.84 Å². The number of sulfonamides is 1. The Kier molecular flexibility index (Phi) is 6.72. The Morgan fingerprint density at radius 2 is 1.47 bits per heavy atom. The zero-order valence-corrected chi connectivity index (χ0v) is 19.7. The van der Waals surface area contributed by atoms with Crippen molar-refractivity contribution in [3.63, 3.8) is 0 Å². The van der Waals surface area contributed by atoms with Crippen LogP contribution in [0.2, 0.25) is 0 Å². The predicted octanol–water partition coefficient (Wildman–Crippen LogP) is 3.71. The lowest BCUT2D eigenvalue weighted by Crippen LogP contribution is -2.42. The first-order valence-electron chi connectivity index (χ1n) is 10.6. The van der Waals surface area contributed by atoms with Crippen molar-refractivity contribution in [3.8, 4) is 0 Å². The van der Waals surface area contributed by atoms with Gasteiger partial charge in [0.05, 0.1) is 15.0 Å². The monoisotopic (exact) mass is 502 g/mol. The molecule has 0 aromatic heterocycles. The summed E-state index contributed by atoms with van der Waals surface area (Å²) in [5, 5.41) is -0.566. The first-order chi connectivity index (χ1) is 16.2. The van der Waals surface area contributed by atoms with E-state index < -0.39 is 30.9 Å². The number of halogens is 1. The lowest BCUT2D eigenvalue weighted by Gasteiger charge is -2.32. The van der Waals surface area contributed by atoms with Crippen LogP contribution in [-0.2, 0) is 19.9 Å². The number of nitrogens with zero attached hydrogens (tertiary/aromatic N) is 1. The molecule has 3 aromatic carbocycles. The number of sulfone groups is 1. The summed E-state index contributed by atoms with van der Waals surface area (Å²) in [4.78, 5) is 14.6. The normalized spacial score (nSPS) is 15.1. The molecule has 0 unspecified atom stereocenters. The molecule has 178 valence electrons. The molecule has 0 saturated carbocycles. The van der Waals surface area contributed by atoms with Gasteiger partial charge in [0.1, 0.15) is 5.82 Å². The standard InChI is InChI=1S/C24H23FN2O5S2/c25-19-7-5-11-23(17-19)34(31,32)26-20-8-4-6-18(16-20)24(28)27-14-12-22(13-15-27)33(29,30)21-9-2-1-3-10-21/h1-11,16-17,22,26H,12-15H2. The number of carbonyl (C=O) groups is 1. The van der Waals surface area contributed by atoms with Crippen LogP contribution in [0.15, 0.2) is 88.7 Å². The summed E-state index contributed by atoms with van der Waals surface area (Å²) in [6.07, 6.45) is 0.629. The van der Waals surface area contributed by atoms with E-state index >= 15 is 0 Å². The maximum atomic E-state index is 13.4. The van der Waals surface area contributed by atoms with Crippen molar-refractivity contribution in [1.29, 1.82) is 0 Å². The van der Waals surface area contributed by atoms with E-state index in [4.69, 9.17) is 0 Å². The van der Waals surface area contributed by atoms with E-state index in [9.17, 15) is 26.0 Å². The quantitative estimate of drug-likeness (QED) is 0.554. The Hall–Kier alpha value is -3.24. The Bertz CT molecular complexity index is 1400. The number of piperidine rings is 1. The third-order valence-corrected chi connectivity index (χ3v) is 9.37. The van der Waals surface area contributed by atoms with Crippen LogP contribution in [0.5, 0.6) is 0 Å². The van der Waals surface area contributed by atoms with Crippen LogP contribution in [0.1, 0.15) is 23.2 Å².